The number of nitrogens with zero attached hydrogens (tertiary/aromatic N) is 1. The number of nitrogens with one attached hydrogen (secondary N) is 2. The summed E-state index contributed by atoms with van der Waals surface area (Å²) in [6, 6.07) is 9.42. The first-order valence-electron chi connectivity index (χ1n) is 9.73. The standard InChI is InChI=1S/C23H27N3O5/c1-13-7-8-17(14(2)9-13)31-12-20(27)24-23-21(15(3)25-26-23)16-10-18(28-4)22(30-6)19(11-16)29-5/h7-11H,12H2,1-6H3,(H2,24,25,26,27). The lowest BCUT2D eigenvalue weighted by Gasteiger charge is -2.15. The minimum Gasteiger partial charge on any atom is -0.493 e. The number of rotatable bonds is 8. The van der Waals surface area contributed by atoms with Crippen LogP contribution in [-0.2, 0) is 4.79 Å². The Bertz CT molecular complexity index is 1070. The van der Waals surface area contributed by atoms with E-state index >= 15 is 0 Å². The molecule has 0 aliphatic rings. The first-order chi connectivity index (χ1) is 14.9. The number of methoxy groups -OCH3 is 3. The van der Waals surface area contributed by atoms with Crippen molar-refractivity contribution in [3.63, 3.8) is 0 Å². The summed E-state index contributed by atoms with van der Waals surface area (Å²) in [5, 5.41) is 9.98. The van der Waals surface area contributed by atoms with Gasteiger partial charge in [-0.2, -0.15) is 5.10 Å². The Morgan fingerprint density at radius 2 is 1.65 bits per heavy atom. The molecule has 1 aromatic heterocycles. The molecule has 8 heteroatoms. The Hall–Kier alpha value is -3.68. The highest BCUT2D eigenvalue weighted by Gasteiger charge is 2.20. The van der Waals surface area contributed by atoms with Crippen LogP contribution in [0.5, 0.6) is 23.0 Å². The van der Waals surface area contributed by atoms with Crippen molar-refractivity contribution in [1.29, 1.82) is 0 Å². The van der Waals surface area contributed by atoms with Gasteiger partial charge in [-0.1, -0.05) is 17.7 Å². The molecule has 0 aliphatic heterocycles. The minimum absolute atomic E-state index is 0.134. The molecule has 0 atom stereocenters. The topological polar surface area (TPSA) is 94.7 Å². The number of hydrogen-bond donors (Lipinski definition) is 2. The maximum absolute atomic E-state index is 12.5. The first-order valence-corrected chi connectivity index (χ1v) is 9.73. The van der Waals surface area contributed by atoms with Gasteiger partial charge < -0.3 is 24.3 Å². The highest BCUT2D eigenvalue weighted by molar-refractivity contribution is 5.95. The van der Waals surface area contributed by atoms with Gasteiger partial charge in [0.25, 0.3) is 5.91 Å². The fourth-order valence-corrected chi connectivity index (χ4v) is 3.37. The summed E-state index contributed by atoms with van der Waals surface area (Å²) in [6.45, 7) is 5.69. The van der Waals surface area contributed by atoms with Crippen LogP contribution in [0.25, 0.3) is 11.1 Å². The van der Waals surface area contributed by atoms with Gasteiger partial charge in [0.15, 0.2) is 23.9 Å². The van der Waals surface area contributed by atoms with Crippen molar-refractivity contribution in [1.82, 2.24) is 10.2 Å². The molecule has 3 aromatic rings. The Morgan fingerprint density at radius 3 is 2.23 bits per heavy atom. The van der Waals surface area contributed by atoms with Gasteiger partial charge in [0, 0.05) is 11.3 Å². The number of aromatic nitrogens is 2. The lowest BCUT2D eigenvalue weighted by molar-refractivity contribution is -0.118. The van der Waals surface area contributed by atoms with Gasteiger partial charge in [-0.15, -0.1) is 0 Å². The Labute approximate surface area is 181 Å². The van der Waals surface area contributed by atoms with Crippen molar-refractivity contribution in [2.24, 2.45) is 0 Å². The van der Waals surface area contributed by atoms with Gasteiger partial charge in [-0.25, -0.2) is 0 Å². The van der Waals surface area contributed by atoms with Gasteiger partial charge in [-0.05, 0) is 50.1 Å². The number of anilines is 1. The molecule has 0 radical (unpaired) electrons. The third-order valence-electron chi connectivity index (χ3n) is 4.85. The summed E-state index contributed by atoms with van der Waals surface area (Å²) in [6.07, 6.45) is 0. The largest absolute Gasteiger partial charge is 0.493 e. The second kappa shape index (κ2) is 9.42. The number of carbonyl (C=O) groups is 1. The molecule has 31 heavy (non-hydrogen) atoms. The molecule has 2 N–H and O–H groups in total. The van der Waals surface area contributed by atoms with Crippen LogP contribution >= 0.6 is 0 Å². The van der Waals surface area contributed by atoms with E-state index in [2.05, 4.69) is 15.5 Å². The van der Waals surface area contributed by atoms with Gasteiger partial charge in [-0.3, -0.25) is 9.89 Å². The Morgan fingerprint density at radius 1 is 0.968 bits per heavy atom. The first kappa shape index (κ1) is 22.0. The summed E-state index contributed by atoms with van der Waals surface area (Å²) in [5.41, 5.74) is 4.36. The van der Waals surface area contributed by atoms with Gasteiger partial charge in [0.2, 0.25) is 5.75 Å². The van der Waals surface area contributed by atoms with Crippen LogP contribution in [0.1, 0.15) is 16.8 Å². The number of H-pyrrole nitrogens is 1. The van der Waals surface area contributed by atoms with E-state index in [1.807, 2.05) is 39.0 Å². The summed E-state index contributed by atoms with van der Waals surface area (Å²) in [5.74, 6) is 2.24. The normalized spacial score (nSPS) is 10.5. The predicted octanol–water partition coefficient (Wildman–Crippen LogP) is 4.05. The maximum atomic E-state index is 12.5. The average Bonchev–Trinajstić information content (AvgIpc) is 3.11. The van der Waals surface area contributed by atoms with Gasteiger partial charge in [0.05, 0.1) is 21.3 Å². The molecule has 0 bridgehead atoms. The summed E-state index contributed by atoms with van der Waals surface area (Å²) in [7, 11) is 4.65. The number of carbonyl (C=O) groups excluding carboxylic acids is 1. The van der Waals surface area contributed by atoms with Crippen LogP contribution in [0.4, 0.5) is 5.82 Å². The molecule has 0 fully saturated rings. The van der Waals surface area contributed by atoms with Crippen LogP contribution < -0.4 is 24.3 Å². The molecular formula is C23H27N3O5. The van der Waals surface area contributed by atoms with Crippen LogP contribution in [0.3, 0.4) is 0 Å². The van der Waals surface area contributed by atoms with E-state index in [1.54, 1.807) is 33.5 Å². The van der Waals surface area contributed by atoms with Crippen molar-refractivity contribution < 1.29 is 23.7 Å². The molecule has 0 saturated carbocycles. The Balaban J connectivity index is 1.83. The number of amides is 1. The van der Waals surface area contributed by atoms with E-state index in [-0.39, 0.29) is 12.5 Å². The maximum Gasteiger partial charge on any atom is 0.263 e. The lowest BCUT2D eigenvalue weighted by Crippen LogP contribution is -2.21. The van der Waals surface area contributed by atoms with Crippen LogP contribution in [0, 0.1) is 20.8 Å². The molecule has 0 unspecified atom stereocenters. The Kier molecular flexibility index (Phi) is 6.69. The molecule has 1 heterocycles. The van der Waals surface area contributed by atoms with Crippen LogP contribution in [-0.4, -0.2) is 44.0 Å². The molecule has 1 amide bonds. The highest BCUT2D eigenvalue weighted by atomic mass is 16.5. The third-order valence-corrected chi connectivity index (χ3v) is 4.85. The second-order valence-corrected chi connectivity index (χ2v) is 7.09. The summed E-state index contributed by atoms with van der Waals surface area (Å²) < 4.78 is 21.9. The van der Waals surface area contributed by atoms with Gasteiger partial charge >= 0.3 is 0 Å². The minimum atomic E-state index is -0.319. The van der Waals surface area contributed by atoms with E-state index < -0.39 is 0 Å². The van der Waals surface area contributed by atoms with Gasteiger partial charge in [0.1, 0.15) is 5.75 Å². The van der Waals surface area contributed by atoms with E-state index in [4.69, 9.17) is 18.9 Å². The van der Waals surface area contributed by atoms with Crippen molar-refractivity contribution >= 4 is 11.7 Å². The van der Waals surface area contributed by atoms with E-state index in [1.165, 1.54) is 0 Å². The molecule has 3 rings (SSSR count). The zero-order chi connectivity index (χ0) is 22.5. The number of hydrogen-bond acceptors (Lipinski definition) is 6. The number of benzene rings is 2. The summed E-state index contributed by atoms with van der Waals surface area (Å²) in [4.78, 5) is 12.5. The number of aromatic amines is 1. The molecule has 0 spiro atoms. The molecule has 2 aromatic carbocycles. The van der Waals surface area contributed by atoms with E-state index in [0.29, 0.717) is 28.8 Å². The van der Waals surface area contributed by atoms with Crippen molar-refractivity contribution in [3.05, 3.63) is 47.2 Å². The van der Waals surface area contributed by atoms with Crippen LogP contribution in [0.15, 0.2) is 30.3 Å². The molecule has 8 nitrogen and oxygen atoms in total. The molecular weight excluding hydrogens is 398 g/mol. The second-order valence-electron chi connectivity index (χ2n) is 7.09. The summed E-state index contributed by atoms with van der Waals surface area (Å²) >= 11 is 0. The quantitative estimate of drug-likeness (QED) is 0.566. The molecule has 0 aliphatic carbocycles. The zero-order valence-electron chi connectivity index (χ0n) is 18.6. The van der Waals surface area contributed by atoms with E-state index in [9.17, 15) is 4.79 Å². The predicted molar refractivity (Wildman–Crippen MR) is 118 cm³/mol. The number of ether oxygens (including phenoxy) is 4. The van der Waals surface area contributed by atoms with Crippen molar-refractivity contribution in [2.75, 3.05) is 33.3 Å². The zero-order valence-corrected chi connectivity index (χ0v) is 18.6. The molecule has 0 saturated heterocycles. The average molecular weight is 425 g/mol. The monoisotopic (exact) mass is 425 g/mol. The third kappa shape index (κ3) is 4.74. The van der Waals surface area contributed by atoms with Crippen molar-refractivity contribution in [2.45, 2.75) is 20.8 Å². The van der Waals surface area contributed by atoms with Crippen LogP contribution in [0.2, 0.25) is 0 Å². The number of aryl methyl sites for hydroxylation is 3. The smallest absolute Gasteiger partial charge is 0.263 e. The fourth-order valence-electron chi connectivity index (χ4n) is 3.37. The lowest BCUT2D eigenvalue weighted by atomic mass is 10.0. The van der Waals surface area contributed by atoms with Crippen molar-refractivity contribution in [3.8, 4) is 34.1 Å². The highest BCUT2D eigenvalue weighted by Crippen LogP contribution is 2.43. The van der Waals surface area contributed by atoms with E-state index in [0.717, 1.165) is 27.9 Å². The molecule has 164 valence electrons. The fraction of sp³-hybridized carbons (Fsp3) is 0.304. The SMILES string of the molecule is COc1cc(-c2c(NC(=O)COc3ccc(C)cc3C)n[nH]c2C)cc(OC)c1OC.